The highest BCUT2D eigenvalue weighted by molar-refractivity contribution is 6.07. The standard InChI is InChI=1S/C19H22N2O5/c1-24-14-8-7-12(10-15(14)25-2)20-19(23)18-13-6-4-5-9-21(13)17(22)11-16(18)26-3/h7-8,10-11H,4-6,9H2,1-3H3,(H,20,23). The SMILES string of the molecule is COc1ccc(NC(=O)c2c(OC)cc(=O)n3c2CCCC3)cc1OC. The number of nitrogens with zero attached hydrogens (tertiary/aromatic N) is 1. The number of aromatic nitrogens is 1. The third-order valence-electron chi connectivity index (χ3n) is 4.52. The molecule has 7 nitrogen and oxygen atoms in total. The minimum atomic E-state index is -0.320. The first-order chi connectivity index (χ1) is 12.6. The number of hydrogen-bond donors (Lipinski definition) is 1. The first-order valence-corrected chi connectivity index (χ1v) is 8.43. The minimum Gasteiger partial charge on any atom is -0.496 e. The smallest absolute Gasteiger partial charge is 0.261 e. The van der Waals surface area contributed by atoms with E-state index in [-0.39, 0.29) is 11.5 Å². The van der Waals surface area contributed by atoms with Gasteiger partial charge in [-0.05, 0) is 31.4 Å². The molecule has 0 saturated carbocycles. The van der Waals surface area contributed by atoms with Crippen LogP contribution >= 0.6 is 0 Å². The molecule has 2 aromatic rings. The van der Waals surface area contributed by atoms with Crippen molar-refractivity contribution in [2.75, 3.05) is 26.6 Å². The van der Waals surface area contributed by atoms with E-state index in [0.717, 1.165) is 18.5 Å². The summed E-state index contributed by atoms with van der Waals surface area (Å²) < 4.78 is 17.5. The number of nitrogens with one attached hydrogen (secondary N) is 1. The zero-order chi connectivity index (χ0) is 18.7. The van der Waals surface area contributed by atoms with E-state index in [1.807, 2.05) is 0 Å². The monoisotopic (exact) mass is 358 g/mol. The maximum atomic E-state index is 13.0. The Hall–Kier alpha value is -2.96. The minimum absolute atomic E-state index is 0.140. The molecule has 2 heterocycles. The maximum absolute atomic E-state index is 13.0. The molecular weight excluding hydrogens is 336 g/mol. The molecular formula is C19H22N2O5. The van der Waals surface area contributed by atoms with Crippen molar-refractivity contribution in [3.05, 3.63) is 45.9 Å². The molecule has 1 amide bonds. The molecule has 3 rings (SSSR count). The fourth-order valence-electron chi connectivity index (χ4n) is 3.25. The number of amides is 1. The molecule has 7 heteroatoms. The van der Waals surface area contributed by atoms with Crippen LogP contribution in [-0.2, 0) is 13.0 Å². The van der Waals surface area contributed by atoms with Crippen LogP contribution in [0, 0.1) is 0 Å². The summed E-state index contributed by atoms with van der Waals surface area (Å²) in [5.74, 6) is 1.07. The van der Waals surface area contributed by atoms with E-state index in [9.17, 15) is 9.59 Å². The van der Waals surface area contributed by atoms with Gasteiger partial charge in [0.15, 0.2) is 11.5 Å². The second kappa shape index (κ2) is 7.51. The lowest BCUT2D eigenvalue weighted by Crippen LogP contribution is -2.30. The summed E-state index contributed by atoms with van der Waals surface area (Å²) >= 11 is 0. The van der Waals surface area contributed by atoms with Gasteiger partial charge in [0.2, 0.25) is 0 Å². The Bertz CT molecular complexity index is 888. The van der Waals surface area contributed by atoms with Gasteiger partial charge in [0.1, 0.15) is 11.3 Å². The van der Waals surface area contributed by atoms with E-state index < -0.39 is 0 Å². The van der Waals surface area contributed by atoms with E-state index in [1.54, 1.807) is 29.9 Å². The summed E-state index contributed by atoms with van der Waals surface area (Å²) in [6.45, 7) is 0.620. The first kappa shape index (κ1) is 17.8. The van der Waals surface area contributed by atoms with Crippen LogP contribution in [0.25, 0.3) is 0 Å². The van der Waals surface area contributed by atoms with Gasteiger partial charge < -0.3 is 24.1 Å². The number of benzene rings is 1. The number of carbonyl (C=O) groups is 1. The normalized spacial score (nSPS) is 12.9. The first-order valence-electron chi connectivity index (χ1n) is 8.43. The Morgan fingerprint density at radius 1 is 1.00 bits per heavy atom. The molecule has 1 aromatic carbocycles. The number of fused-ring (bicyclic) bond motifs is 1. The molecule has 1 aromatic heterocycles. The van der Waals surface area contributed by atoms with Crippen LogP contribution in [0.15, 0.2) is 29.1 Å². The van der Waals surface area contributed by atoms with Crippen molar-refractivity contribution >= 4 is 11.6 Å². The number of methoxy groups -OCH3 is 3. The average molecular weight is 358 g/mol. The largest absolute Gasteiger partial charge is 0.496 e. The Morgan fingerprint density at radius 3 is 2.42 bits per heavy atom. The lowest BCUT2D eigenvalue weighted by Gasteiger charge is -2.22. The van der Waals surface area contributed by atoms with Crippen LogP contribution in [0.1, 0.15) is 28.9 Å². The van der Waals surface area contributed by atoms with Gasteiger partial charge in [-0.1, -0.05) is 0 Å². The van der Waals surface area contributed by atoms with Crippen LogP contribution in [0.2, 0.25) is 0 Å². The third-order valence-corrected chi connectivity index (χ3v) is 4.52. The van der Waals surface area contributed by atoms with Crippen molar-refractivity contribution in [1.29, 1.82) is 0 Å². The quantitative estimate of drug-likeness (QED) is 0.888. The van der Waals surface area contributed by atoms with Gasteiger partial charge in [-0.25, -0.2) is 0 Å². The molecule has 26 heavy (non-hydrogen) atoms. The van der Waals surface area contributed by atoms with Crippen LogP contribution < -0.4 is 25.1 Å². The van der Waals surface area contributed by atoms with Crippen molar-refractivity contribution in [3.8, 4) is 17.2 Å². The summed E-state index contributed by atoms with van der Waals surface area (Å²) in [5, 5.41) is 2.86. The van der Waals surface area contributed by atoms with Gasteiger partial charge in [-0.3, -0.25) is 9.59 Å². The Morgan fingerprint density at radius 2 is 1.73 bits per heavy atom. The van der Waals surface area contributed by atoms with Gasteiger partial charge in [-0.15, -0.1) is 0 Å². The summed E-state index contributed by atoms with van der Waals surface area (Å²) in [6.07, 6.45) is 2.53. The molecule has 0 bridgehead atoms. The van der Waals surface area contributed by atoms with E-state index in [4.69, 9.17) is 14.2 Å². The highest BCUT2D eigenvalue weighted by Gasteiger charge is 2.24. The fourth-order valence-corrected chi connectivity index (χ4v) is 3.25. The molecule has 0 atom stereocenters. The highest BCUT2D eigenvalue weighted by atomic mass is 16.5. The van der Waals surface area contributed by atoms with Crippen molar-refractivity contribution in [2.45, 2.75) is 25.8 Å². The number of carbonyl (C=O) groups excluding carboxylic acids is 1. The Labute approximate surface area is 151 Å². The lowest BCUT2D eigenvalue weighted by molar-refractivity contribution is 0.102. The molecule has 0 saturated heterocycles. The number of anilines is 1. The number of pyridine rings is 1. The summed E-state index contributed by atoms with van der Waals surface area (Å²) in [6, 6.07) is 6.51. The van der Waals surface area contributed by atoms with E-state index in [2.05, 4.69) is 5.32 Å². The van der Waals surface area contributed by atoms with Crippen molar-refractivity contribution in [3.63, 3.8) is 0 Å². The zero-order valence-electron chi connectivity index (χ0n) is 15.1. The van der Waals surface area contributed by atoms with Crippen LogP contribution in [0.5, 0.6) is 17.2 Å². The number of rotatable bonds is 5. The van der Waals surface area contributed by atoms with E-state index in [0.29, 0.717) is 41.5 Å². The van der Waals surface area contributed by atoms with Crippen LogP contribution in [0.4, 0.5) is 5.69 Å². The van der Waals surface area contributed by atoms with Crippen molar-refractivity contribution < 1.29 is 19.0 Å². The second-order valence-corrected chi connectivity index (χ2v) is 6.01. The third kappa shape index (κ3) is 3.24. The molecule has 1 aliphatic rings. The van der Waals surface area contributed by atoms with Crippen molar-refractivity contribution in [2.24, 2.45) is 0 Å². The molecule has 0 spiro atoms. The van der Waals surface area contributed by atoms with E-state index in [1.165, 1.54) is 20.3 Å². The molecule has 0 aliphatic carbocycles. The number of ether oxygens (including phenoxy) is 3. The molecule has 0 fully saturated rings. The topological polar surface area (TPSA) is 78.8 Å². The predicted octanol–water partition coefficient (Wildman–Crippen LogP) is 2.46. The van der Waals surface area contributed by atoms with Crippen LogP contribution in [-0.4, -0.2) is 31.8 Å². The van der Waals surface area contributed by atoms with E-state index >= 15 is 0 Å². The maximum Gasteiger partial charge on any atom is 0.261 e. The van der Waals surface area contributed by atoms with Gasteiger partial charge in [0.25, 0.3) is 11.5 Å². The molecule has 1 N–H and O–H groups in total. The Kier molecular flexibility index (Phi) is 5.16. The predicted molar refractivity (Wildman–Crippen MR) is 97.7 cm³/mol. The zero-order valence-corrected chi connectivity index (χ0v) is 15.1. The van der Waals surface area contributed by atoms with Crippen molar-refractivity contribution in [1.82, 2.24) is 4.57 Å². The van der Waals surface area contributed by atoms with Gasteiger partial charge >= 0.3 is 0 Å². The molecule has 1 aliphatic heterocycles. The molecule has 0 radical (unpaired) electrons. The lowest BCUT2D eigenvalue weighted by atomic mass is 10.0. The Balaban J connectivity index is 1.99. The van der Waals surface area contributed by atoms with Gasteiger partial charge in [0.05, 0.1) is 21.3 Å². The van der Waals surface area contributed by atoms with Gasteiger partial charge in [0, 0.05) is 30.1 Å². The molecule has 0 unspecified atom stereocenters. The summed E-state index contributed by atoms with van der Waals surface area (Å²) in [7, 11) is 4.54. The van der Waals surface area contributed by atoms with Gasteiger partial charge in [-0.2, -0.15) is 0 Å². The average Bonchev–Trinajstić information content (AvgIpc) is 2.67. The summed E-state index contributed by atoms with van der Waals surface area (Å²) in [5.41, 5.74) is 1.55. The number of hydrogen-bond acceptors (Lipinski definition) is 5. The second-order valence-electron chi connectivity index (χ2n) is 6.01. The fraction of sp³-hybridized carbons (Fsp3) is 0.368. The summed E-state index contributed by atoms with van der Waals surface area (Å²) in [4.78, 5) is 25.2. The highest BCUT2D eigenvalue weighted by Crippen LogP contribution is 2.31. The van der Waals surface area contributed by atoms with Crippen LogP contribution in [0.3, 0.4) is 0 Å². The molecule has 138 valence electrons.